The fourth-order valence-electron chi connectivity index (χ4n) is 2.30. The summed E-state index contributed by atoms with van der Waals surface area (Å²) in [7, 11) is 0. The maximum Gasteiger partial charge on any atom is 0.334 e. The van der Waals surface area contributed by atoms with Crippen molar-refractivity contribution in [1.29, 1.82) is 0 Å². The number of hydrogen-bond acceptors (Lipinski definition) is 5. The molecule has 0 saturated carbocycles. The second-order valence-electron chi connectivity index (χ2n) is 5.04. The maximum absolute atomic E-state index is 12.4. The van der Waals surface area contributed by atoms with Crippen molar-refractivity contribution in [2.24, 2.45) is 0 Å². The fourth-order valence-corrected chi connectivity index (χ4v) is 2.49. The normalized spacial score (nSPS) is 18.0. The number of carboxylic acid groups (broad SMARTS) is 1. The molecule has 7 nitrogen and oxygen atoms in total. The Kier molecular flexibility index (Phi) is 4.31. The number of rotatable bonds is 3. The van der Waals surface area contributed by atoms with E-state index in [1.165, 1.54) is 11.0 Å². The second-order valence-corrected chi connectivity index (χ2v) is 5.47. The van der Waals surface area contributed by atoms with Crippen molar-refractivity contribution >= 4 is 23.5 Å². The van der Waals surface area contributed by atoms with Crippen LogP contribution in [-0.2, 0) is 9.53 Å². The molecule has 1 aliphatic heterocycles. The number of halogens is 1. The van der Waals surface area contributed by atoms with Crippen LogP contribution in [0.5, 0.6) is 0 Å². The van der Waals surface area contributed by atoms with E-state index >= 15 is 0 Å². The molecular weight excluding hydrogens is 324 g/mol. The van der Waals surface area contributed by atoms with Crippen LogP contribution in [0.1, 0.15) is 10.6 Å². The van der Waals surface area contributed by atoms with Crippen LogP contribution in [0.2, 0.25) is 5.02 Å². The highest BCUT2D eigenvalue weighted by atomic mass is 35.5. The Labute approximate surface area is 136 Å². The molecule has 1 aromatic carbocycles. The third-order valence-corrected chi connectivity index (χ3v) is 3.71. The summed E-state index contributed by atoms with van der Waals surface area (Å²) in [5.74, 6) is -1.47. The number of hydrogen-bond donors (Lipinski definition) is 1. The molecule has 0 radical (unpaired) electrons. The van der Waals surface area contributed by atoms with Gasteiger partial charge in [-0.05, 0) is 12.1 Å². The minimum atomic E-state index is -1.10. The molecule has 8 heteroatoms. The molecule has 3 rings (SSSR count). The van der Waals surface area contributed by atoms with E-state index in [2.05, 4.69) is 5.16 Å². The third kappa shape index (κ3) is 3.35. The van der Waals surface area contributed by atoms with Crippen molar-refractivity contribution in [1.82, 2.24) is 10.1 Å². The topological polar surface area (TPSA) is 92.9 Å². The summed E-state index contributed by atoms with van der Waals surface area (Å²) in [6.45, 7) is 0.440. The van der Waals surface area contributed by atoms with E-state index in [1.807, 2.05) is 0 Å². The van der Waals surface area contributed by atoms with E-state index < -0.39 is 18.0 Å². The van der Waals surface area contributed by atoms with Crippen LogP contribution in [0, 0.1) is 0 Å². The van der Waals surface area contributed by atoms with Crippen molar-refractivity contribution in [3.05, 3.63) is 41.1 Å². The van der Waals surface area contributed by atoms with Gasteiger partial charge in [-0.3, -0.25) is 4.79 Å². The highest BCUT2D eigenvalue weighted by molar-refractivity contribution is 6.30. The van der Waals surface area contributed by atoms with Gasteiger partial charge < -0.3 is 19.3 Å². The third-order valence-electron chi connectivity index (χ3n) is 3.47. The highest BCUT2D eigenvalue weighted by Crippen LogP contribution is 2.23. The number of carboxylic acids is 1. The molecular formula is C15H13ClN2O5. The molecule has 1 unspecified atom stereocenters. The zero-order chi connectivity index (χ0) is 16.4. The fraction of sp³-hybridized carbons (Fsp3) is 0.267. The highest BCUT2D eigenvalue weighted by Gasteiger charge is 2.31. The summed E-state index contributed by atoms with van der Waals surface area (Å²) in [4.78, 5) is 24.7. The molecule has 0 bridgehead atoms. The summed E-state index contributed by atoms with van der Waals surface area (Å²) in [6.07, 6.45) is -1.02. The van der Waals surface area contributed by atoms with E-state index in [1.54, 1.807) is 24.3 Å². The molecule has 23 heavy (non-hydrogen) atoms. The monoisotopic (exact) mass is 336 g/mol. The minimum Gasteiger partial charge on any atom is -0.479 e. The van der Waals surface area contributed by atoms with E-state index in [9.17, 15) is 9.59 Å². The average molecular weight is 337 g/mol. The van der Waals surface area contributed by atoms with Crippen LogP contribution < -0.4 is 0 Å². The predicted octanol–water partition coefficient (Wildman–Crippen LogP) is 1.92. The van der Waals surface area contributed by atoms with Gasteiger partial charge in [0.2, 0.25) is 5.76 Å². The average Bonchev–Trinajstić information content (AvgIpc) is 3.04. The van der Waals surface area contributed by atoms with Crippen molar-refractivity contribution in [2.45, 2.75) is 6.10 Å². The van der Waals surface area contributed by atoms with Crippen LogP contribution in [-0.4, -0.2) is 52.8 Å². The first-order chi connectivity index (χ1) is 11.0. The first kappa shape index (κ1) is 15.5. The Morgan fingerprint density at radius 2 is 2.17 bits per heavy atom. The number of ether oxygens (including phenoxy) is 1. The standard InChI is InChI=1S/C15H13ClN2O5/c16-10-3-1-2-9(6-10)11-7-12(23-17-11)14(19)18-4-5-22-13(8-18)15(20)21/h1-3,6-7,13H,4-5,8H2,(H,20,21). The lowest BCUT2D eigenvalue weighted by Crippen LogP contribution is -2.48. The van der Waals surface area contributed by atoms with E-state index in [-0.39, 0.29) is 18.9 Å². The zero-order valence-corrected chi connectivity index (χ0v) is 12.7. The van der Waals surface area contributed by atoms with Gasteiger partial charge in [0.05, 0.1) is 13.2 Å². The lowest BCUT2D eigenvalue weighted by molar-refractivity contribution is -0.154. The molecule has 1 saturated heterocycles. The van der Waals surface area contributed by atoms with Gasteiger partial charge >= 0.3 is 5.97 Å². The summed E-state index contributed by atoms with van der Waals surface area (Å²) in [5.41, 5.74) is 1.21. The molecule has 2 aromatic rings. The van der Waals surface area contributed by atoms with Gasteiger partial charge in [-0.15, -0.1) is 0 Å². The number of benzene rings is 1. The first-order valence-corrected chi connectivity index (χ1v) is 7.29. The summed E-state index contributed by atoms with van der Waals surface area (Å²) < 4.78 is 10.2. The van der Waals surface area contributed by atoms with Gasteiger partial charge in [0, 0.05) is 23.2 Å². The lowest BCUT2D eigenvalue weighted by Gasteiger charge is -2.29. The predicted molar refractivity (Wildman–Crippen MR) is 80.2 cm³/mol. The van der Waals surface area contributed by atoms with Gasteiger partial charge in [-0.2, -0.15) is 0 Å². The van der Waals surface area contributed by atoms with Crippen molar-refractivity contribution in [2.75, 3.05) is 19.7 Å². The Bertz CT molecular complexity index is 745. The van der Waals surface area contributed by atoms with Gasteiger partial charge in [-0.1, -0.05) is 28.9 Å². The molecule has 2 heterocycles. The van der Waals surface area contributed by atoms with E-state index in [0.29, 0.717) is 17.3 Å². The largest absolute Gasteiger partial charge is 0.479 e. The van der Waals surface area contributed by atoms with Crippen LogP contribution in [0.3, 0.4) is 0 Å². The van der Waals surface area contributed by atoms with Gasteiger partial charge in [0.15, 0.2) is 6.10 Å². The lowest BCUT2D eigenvalue weighted by atomic mass is 10.1. The molecule has 120 valence electrons. The van der Waals surface area contributed by atoms with Crippen LogP contribution in [0.25, 0.3) is 11.3 Å². The van der Waals surface area contributed by atoms with Gasteiger partial charge in [0.25, 0.3) is 5.91 Å². The number of aliphatic carboxylic acids is 1. The summed E-state index contributed by atoms with van der Waals surface area (Å²) in [6, 6.07) is 8.53. The van der Waals surface area contributed by atoms with Crippen molar-refractivity contribution in [3.63, 3.8) is 0 Å². The minimum absolute atomic E-state index is 0.0264. The molecule has 1 aliphatic rings. The van der Waals surface area contributed by atoms with Crippen molar-refractivity contribution < 1.29 is 24.0 Å². The zero-order valence-electron chi connectivity index (χ0n) is 11.9. The van der Waals surface area contributed by atoms with Crippen LogP contribution in [0.15, 0.2) is 34.9 Å². The molecule has 1 fully saturated rings. The SMILES string of the molecule is O=C(O)C1CN(C(=O)c2cc(-c3cccc(Cl)c3)no2)CCO1. The van der Waals surface area contributed by atoms with Crippen LogP contribution >= 0.6 is 11.6 Å². The Morgan fingerprint density at radius 3 is 2.91 bits per heavy atom. The smallest absolute Gasteiger partial charge is 0.334 e. The van der Waals surface area contributed by atoms with E-state index in [0.717, 1.165) is 5.56 Å². The number of carbonyl (C=O) groups is 2. The first-order valence-electron chi connectivity index (χ1n) is 6.91. The van der Waals surface area contributed by atoms with Crippen molar-refractivity contribution in [3.8, 4) is 11.3 Å². The molecule has 1 aromatic heterocycles. The number of amides is 1. The van der Waals surface area contributed by atoms with Gasteiger partial charge in [0.1, 0.15) is 5.69 Å². The van der Waals surface area contributed by atoms with Crippen LogP contribution in [0.4, 0.5) is 0 Å². The number of morpholine rings is 1. The molecule has 1 amide bonds. The number of nitrogens with zero attached hydrogens (tertiary/aromatic N) is 2. The summed E-state index contributed by atoms with van der Waals surface area (Å²) >= 11 is 5.93. The Balaban J connectivity index is 1.77. The molecule has 1 N–H and O–H groups in total. The molecule has 0 aliphatic carbocycles. The summed E-state index contributed by atoms with van der Waals surface area (Å²) in [5, 5.41) is 13.4. The maximum atomic E-state index is 12.4. The Morgan fingerprint density at radius 1 is 1.35 bits per heavy atom. The quantitative estimate of drug-likeness (QED) is 0.920. The second kappa shape index (κ2) is 6.39. The number of aromatic nitrogens is 1. The Hall–Kier alpha value is -2.38. The molecule has 1 atom stereocenters. The molecule has 0 spiro atoms. The van der Waals surface area contributed by atoms with Gasteiger partial charge in [-0.25, -0.2) is 4.79 Å². The number of carbonyl (C=O) groups excluding carboxylic acids is 1. The van der Waals surface area contributed by atoms with E-state index in [4.69, 9.17) is 26.0 Å².